The summed E-state index contributed by atoms with van der Waals surface area (Å²) in [6.45, 7) is 2.39. The van der Waals surface area contributed by atoms with Gasteiger partial charge in [0.15, 0.2) is 11.5 Å². The third-order valence-corrected chi connectivity index (χ3v) is 5.30. The maximum absolute atomic E-state index is 12.0. The van der Waals surface area contributed by atoms with E-state index in [4.69, 9.17) is 9.47 Å². The number of hydrogen-bond acceptors (Lipinski definition) is 4. The minimum absolute atomic E-state index is 0.0535. The van der Waals surface area contributed by atoms with E-state index >= 15 is 0 Å². The van der Waals surface area contributed by atoms with Gasteiger partial charge >= 0.3 is 0 Å². The number of carbonyl (C=O) groups excluding carboxylic acids is 1. The van der Waals surface area contributed by atoms with Crippen LogP contribution in [0.3, 0.4) is 0 Å². The summed E-state index contributed by atoms with van der Waals surface area (Å²) < 4.78 is 10.9. The molecule has 0 spiro atoms. The van der Waals surface area contributed by atoms with Gasteiger partial charge in [0.25, 0.3) is 0 Å². The van der Waals surface area contributed by atoms with Crippen molar-refractivity contribution < 1.29 is 14.3 Å². The molecule has 0 aliphatic carbocycles. The van der Waals surface area contributed by atoms with Gasteiger partial charge in [-0.15, -0.1) is 11.3 Å². The van der Waals surface area contributed by atoms with Crippen LogP contribution < -0.4 is 14.8 Å². The average molecular weight is 301 g/mol. The van der Waals surface area contributed by atoms with Crippen LogP contribution in [0, 0.1) is 0 Å². The van der Waals surface area contributed by atoms with E-state index in [1.165, 1.54) is 9.75 Å². The van der Waals surface area contributed by atoms with Crippen molar-refractivity contribution in [3.05, 3.63) is 39.6 Å². The average Bonchev–Trinajstić information content (AvgIpc) is 3.12. The summed E-state index contributed by atoms with van der Waals surface area (Å²) >= 11 is 1.79. The van der Waals surface area contributed by atoms with Crippen molar-refractivity contribution in [2.24, 2.45) is 0 Å². The maximum atomic E-state index is 12.0. The Balaban J connectivity index is 1.81. The van der Waals surface area contributed by atoms with Gasteiger partial charge in [-0.25, -0.2) is 0 Å². The molecule has 3 heterocycles. The van der Waals surface area contributed by atoms with E-state index < -0.39 is 0 Å². The van der Waals surface area contributed by atoms with Crippen molar-refractivity contribution in [2.75, 3.05) is 12.1 Å². The lowest BCUT2D eigenvalue weighted by Crippen LogP contribution is -2.23. The predicted molar refractivity (Wildman–Crippen MR) is 81.4 cm³/mol. The third kappa shape index (κ3) is 2.08. The second-order valence-electron chi connectivity index (χ2n) is 5.26. The zero-order chi connectivity index (χ0) is 14.4. The molecule has 0 saturated carbocycles. The standard InChI is InChI=1S/C16H15NO3S/c1-2-9-3-4-15(21-9)11-6-16(18)17-12-7-14-13(5-10(11)12)19-8-20-14/h3-5,7,11H,2,6,8H2,1H3,(H,17,18). The van der Waals surface area contributed by atoms with Gasteiger partial charge < -0.3 is 14.8 Å². The Hall–Kier alpha value is -2.01. The summed E-state index contributed by atoms with van der Waals surface area (Å²) in [6, 6.07) is 8.17. The van der Waals surface area contributed by atoms with Gasteiger partial charge in [0.05, 0.1) is 0 Å². The highest BCUT2D eigenvalue weighted by Crippen LogP contribution is 2.45. The molecule has 1 N–H and O–H groups in total. The monoisotopic (exact) mass is 301 g/mol. The highest BCUT2D eigenvalue weighted by atomic mass is 32.1. The molecular formula is C16H15NO3S. The summed E-state index contributed by atoms with van der Waals surface area (Å²) in [5, 5.41) is 2.94. The molecule has 1 aromatic carbocycles. The molecule has 2 aliphatic rings. The van der Waals surface area contributed by atoms with E-state index in [1.54, 1.807) is 11.3 Å². The van der Waals surface area contributed by atoms with Crippen molar-refractivity contribution in [2.45, 2.75) is 25.7 Å². The summed E-state index contributed by atoms with van der Waals surface area (Å²) in [5.74, 6) is 1.63. The zero-order valence-electron chi connectivity index (χ0n) is 11.6. The molecule has 4 nitrogen and oxygen atoms in total. The first-order chi connectivity index (χ1) is 10.2. The van der Waals surface area contributed by atoms with Gasteiger partial charge in [-0.2, -0.15) is 0 Å². The Labute approximate surface area is 126 Å². The second-order valence-corrected chi connectivity index (χ2v) is 6.46. The number of benzene rings is 1. The summed E-state index contributed by atoms with van der Waals surface area (Å²) in [4.78, 5) is 14.6. The lowest BCUT2D eigenvalue weighted by atomic mass is 9.89. The number of aryl methyl sites for hydroxylation is 1. The topological polar surface area (TPSA) is 47.6 Å². The first-order valence-corrected chi connectivity index (χ1v) is 7.88. The quantitative estimate of drug-likeness (QED) is 0.923. The molecule has 21 heavy (non-hydrogen) atoms. The number of nitrogens with one attached hydrogen (secondary N) is 1. The molecule has 1 atom stereocenters. The van der Waals surface area contributed by atoms with Gasteiger partial charge in [0, 0.05) is 33.8 Å². The van der Waals surface area contributed by atoms with Gasteiger partial charge in [-0.1, -0.05) is 6.92 Å². The second kappa shape index (κ2) is 4.77. The molecule has 0 radical (unpaired) electrons. The smallest absolute Gasteiger partial charge is 0.231 e. The molecule has 2 aromatic rings. The van der Waals surface area contributed by atoms with Crippen molar-refractivity contribution in [3.63, 3.8) is 0 Å². The lowest BCUT2D eigenvalue weighted by molar-refractivity contribution is -0.116. The summed E-state index contributed by atoms with van der Waals surface area (Å²) in [6.07, 6.45) is 1.51. The molecule has 5 heteroatoms. The van der Waals surface area contributed by atoms with Crippen LogP contribution in [0.15, 0.2) is 24.3 Å². The van der Waals surface area contributed by atoms with Gasteiger partial charge in [-0.3, -0.25) is 4.79 Å². The Morgan fingerprint density at radius 3 is 2.86 bits per heavy atom. The first-order valence-electron chi connectivity index (χ1n) is 7.06. The van der Waals surface area contributed by atoms with Crippen LogP contribution in [0.1, 0.15) is 34.6 Å². The highest BCUT2D eigenvalue weighted by molar-refractivity contribution is 7.12. The van der Waals surface area contributed by atoms with E-state index in [9.17, 15) is 4.79 Å². The number of anilines is 1. The Morgan fingerprint density at radius 1 is 1.29 bits per heavy atom. The molecular weight excluding hydrogens is 286 g/mol. The van der Waals surface area contributed by atoms with Crippen molar-refractivity contribution in [1.29, 1.82) is 0 Å². The highest BCUT2D eigenvalue weighted by Gasteiger charge is 2.30. The van der Waals surface area contributed by atoms with Crippen LogP contribution in [0.5, 0.6) is 11.5 Å². The van der Waals surface area contributed by atoms with E-state index in [1.807, 2.05) is 12.1 Å². The molecule has 108 valence electrons. The van der Waals surface area contributed by atoms with E-state index in [0.717, 1.165) is 23.4 Å². The fraction of sp³-hybridized carbons (Fsp3) is 0.312. The third-order valence-electron chi connectivity index (χ3n) is 3.96. The van der Waals surface area contributed by atoms with E-state index in [2.05, 4.69) is 24.4 Å². The van der Waals surface area contributed by atoms with Gasteiger partial charge in [0.2, 0.25) is 12.7 Å². The predicted octanol–water partition coefficient (Wildman–Crippen LogP) is 3.51. The molecule has 0 bridgehead atoms. The molecule has 1 unspecified atom stereocenters. The number of carbonyl (C=O) groups is 1. The molecule has 4 rings (SSSR count). The van der Waals surface area contributed by atoms with E-state index in [-0.39, 0.29) is 18.6 Å². The number of hydrogen-bond donors (Lipinski definition) is 1. The molecule has 0 fully saturated rings. The zero-order valence-corrected chi connectivity index (χ0v) is 12.5. The SMILES string of the molecule is CCc1ccc(C2CC(=O)Nc3cc4c(cc32)OCO4)s1. The summed E-state index contributed by atoms with van der Waals surface area (Å²) in [5.41, 5.74) is 1.95. The lowest BCUT2D eigenvalue weighted by Gasteiger charge is -2.25. The van der Waals surface area contributed by atoms with Crippen molar-refractivity contribution in [3.8, 4) is 11.5 Å². The molecule has 1 amide bonds. The Morgan fingerprint density at radius 2 is 2.10 bits per heavy atom. The van der Waals surface area contributed by atoms with Gasteiger partial charge in [0.1, 0.15) is 0 Å². The van der Waals surface area contributed by atoms with Gasteiger partial charge in [-0.05, 0) is 30.2 Å². The first kappa shape index (κ1) is 12.7. The van der Waals surface area contributed by atoms with Crippen LogP contribution in [0.2, 0.25) is 0 Å². The molecule has 2 aliphatic heterocycles. The van der Waals surface area contributed by atoms with E-state index in [0.29, 0.717) is 12.2 Å². The number of amides is 1. The van der Waals surface area contributed by atoms with Crippen molar-refractivity contribution >= 4 is 22.9 Å². The largest absolute Gasteiger partial charge is 0.454 e. The van der Waals surface area contributed by atoms with Crippen LogP contribution in [0.4, 0.5) is 5.69 Å². The van der Waals surface area contributed by atoms with Crippen LogP contribution in [-0.4, -0.2) is 12.7 Å². The van der Waals surface area contributed by atoms with Crippen LogP contribution >= 0.6 is 11.3 Å². The molecule has 1 aromatic heterocycles. The van der Waals surface area contributed by atoms with Crippen LogP contribution in [0.25, 0.3) is 0 Å². The number of thiophene rings is 1. The number of fused-ring (bicyclic) bond motifs is 2. The number of rotatable bonds is 2. The summed E-state index contributed by atoms with van der Waals surface area (Å²) in [7, 11) is 0. The Bertz CT molecular complexity index is 722. The maximum Gasteiger partial charge on any atom is 0.231 e. The van der Waals surface area contributed by atoms with Crippen molar-refractivity contribution in [1.82, 2.24) is 0 Å². The minimum atomic E-state index is 0.0535. The molecule has 0 saturated heterocycles. The number of ether oxygens (including phenoxy) is 2. The van der Waals surface area contributed by atoms with Crippen LogP contribution in [-0.2, 0) is 11.2 Å². The Kier molecular flexibility index (Phi) is 2.89. The normalized spacial score (nSPS) is 19.3. The minimum Gasteiger partial charge on any atom is -0.454 e. The fourth-order valence-corrected chi connectivity index (χ4v) is 3.95. The fourth-order valence-electron chi connectivity index (χ4n) is 2.88.